The number of hydrogen-bond donors (Lipinski definition) is 0. The largest absolute Gasteiger partial charge is 0.778 e. The lowest BCUT2D eigenvalue weighted by atomic mass is 10.1. The Morgan fingerprint density at radius 2 is 0.917 bits per heavy atom. The second-order valence-corrected chi connectivity index (χ2v) is 6.00. The van der Waals surface area contributed by atoms with Crippen LogP contribution in [-0.4, -0.2) is 12.4 Å². The van der Waals surface area contributed by atoms with Gasteiger partial charge in [-0.15, -0.1) is 9.79 Å². The summed E-state index contributed by atoms with van der Waals surface area (Å²) in [5, 5.41) is 0. The molecule has 0 spiro atoms. The summed E-state index contributed by atoms with van der Waals surface area (Å²) in [7, 11) is 0. The SMILES string of the molecule is [S-]c1ccccc1N=Cc1ccc(C=Nc2ccccc2[S-])cc1. The standard InChI is InChI=1S/C20H16N2S2/c23-19-7-3-1-5-17(19)21-13-15-9-11-16(12-10-15)14-22-18-6-2-4-8-20(18)24/h1-14,23-24H/p-2. The molecule has 118 valence electrons. The molecule has 0 unspecified atom stereocenters. The first kappa shape index (κ1) is 16.3. The molecule has 0 aliphatic heterocycles. The van der Waals surface area contributed by atoms with Crippen molar-refractivity contribution in [2.75, 3.05) is 0 Å². The lowest BCUT2D eigenvalue weighted by molar-refractivity contribution is 1.38. The molecular formula is C20H14N2S2-2. The maximum absolute atomic E-state index is 5.24. The fourth-order valence-electron chi connectivity index (χ4n) is 2.08. The van der Waals surface area contributed by atoms with Gasteiger partial charge in [0.25, 0.3) is 0 Å². The summed E-state index contributed by atoms with van der Waals surface area (Å²) in [4.78, 5) is 10.4. The van der Waals surface area contributed by atoms with Crippen molar-refractivity contribution in [2.45, 2.75) is 9.79 Å². The quantitative estimate of drug-likeness (QED) is 0.490. The summed E-state index contributed by atoms with van der Waals surface area (Å²) in [6, 6.07) is 23.2. The molecular weight excluding hydrogens is 332 g/mol. The molecule has 3 rings (SSSR count). The van der Waals surface area contributed by atoms with Crippen LogP contribution in [0.15, 0.2) is 92.6 Å². The highest BCUT2D eigenvalue weighted by molar-refractivity contribution is 7.59. The van der Waals surface area contributed by atoms with E-state index in [0.29, 0.717) is 0 Å². The third-order valence-electron chi connectivity index (χ3n) is 3.37. The number of rotatable bonds is 4. The molecule has 0 aromatic heterocycles. The molecule has 0 aliphatic carbocycles. The number of nitrogens with zero attached hydrogens (tertiary/aromatic N) is 2. The van der Waals surface area contributed by atoms with Crippen LogP contribution < -0.4 is 0 Å². The van der Waals surface area contributed by atoms with E-state index in [1.54, 1.807) is 0 Å². The summed E-state index contributed by atoms with van der Waals surface area (Å²) < 4.78 is 0. The van der Waals surface area contributed by atoms with Gasteiger partial charge in [-0.2, -0.15) is 0 Å². The molecule has 0 saturated carbocycles. The Hall–Kier alpha value is -2.56. The van der Waals surface area contributed by atoms with Crippen molar-refractivity contribution in [3.63, 3.8) is 0 Å². The maximum Gasteiger partial charge on any atom is 0.0438 e. The Morgan fingerprint density at radius 1 is 0.542 bits per heavy atom. The van der Waals surface area contributed by atoms with Gasteiger partial charge < -0.3 is 25.3 Å². The minimum atomic E-state index is 0.750. The average molecular weight is 346 g/mol. The van der Waals surface area contributed by atoms with Crippen molar-refractivity contribution in [3.05, 3.63) is 83.9 Å². The first-order valence-electron chi connectivity index (χ1n) is 7.43. The van der Waals surface area contributed by atoms with Crippen molar-refractivity contribution in [1.82, 2.24) is 0 Å². The highest BCUT2D eigenvalue weighted by Gasteiger charge is 1.92. The second-order valence-electron chi connectivity index (χ2n) is 5.12. The van der Waals surface area contributed by atoms with E-state index in [4.69, 9.17) is 25.3 Å². The molecule has 2 nitrogen and oxygen atoms in total. The Labute approximate surface area is 152 Å². The summed E-state index contributed by atoms with van der Waals surface area (Å²) in [5.41, 5.74) is 3.63. The van der Waals surface area contributed by atoms with Gasteiger partial charge in [-0.3, -0.25) is 9.98 Å². The lowest BCUT2D eigenvalue weighted by Gasteiger charge is -2.08. The van der Waals surface area contributed by atoms with E-state index in [9.17, 15) is 0 Å². The molecule has 4 heteroatoms. The first-order chi connectivity index (χ1) is 11.7. The molecule has 0 amide bonds. The van der Waals surface area contributed by atoms with Crippen LogP contribution in [0.2, 0.25) is 0 Å². The first-order valence-corrected chi connectivity index (χ1v) is 8.24. The Bertz CT molecular complexity index is 810. The average Bonchev–Trinajstić information content (AvgIpc) is 2.61. The summed E-state index contributed by atoms with van der Waals surface area (Å²) >= 11 is 10.5. The monoisotopic (exact) mass is 346 g/mol. The van der Waals surface area contributed by atoms with Crippen molar-refractivity contribution in [2.24, 2.45) is 9.98 Å². The number of benzene rings is 3. The summed E-state index contributed by atoms with van der Waals surface area (Å²) in [5.74, 6) is 0. The van der Waals surface area contributed by atoms with Crippen LogP contribution in [0, 0.1) is 0 Å². The van der Waals surface area contributed by atoms with Crippen molar-refractivity contribution < 1.29 is 0 Å². The smallest absolute Gasteiger partial charge is 0.0438 e. The van der Waals surface area contributed by atoms with Crippen LogP contribution in [-0.2, 0) is 25.3 Å². The van der Waals surface area contributed by atoms with Crippen LogP contribution in [0.1, 0.15) is 11.1 Å². The Morgan fingerprint density at radius 3 is 1.29 bits per heavy atom. The fraction of sp³-hybridized carbons (Fsp3) is 0. The van der Waals surface area contributed by atoms with Crippen molar-refractivity contribution >= 4 is 49.1 Å². The van der Waals surface area contributed by atoms with E-state index < -0.39 is 0 Å². The van der Waals surface area contributed by atoms with Gasteiger partial charge in [0, 0.05) is 23.8 Å². The molecule has 0 radical (unpaired) electrons. The molecule has 0 N–H and O–H groups in total. The van der Waals surface area contributed by atoms with Gasteiger partial charge in [0.15, 0.2) is 0 Å². The fourth-order valence-corrected chi connectivity index (χ4v) is 2.48. The van der Waals surface area contributed by atoms with E-state index in [-0.39, 0.29) is 0 Å². The predicted octanol–water partition coefficient (Wildman–Crippen LogP) is 5.00. The molecule has 0 bridgehead atoms. The van der Waals surface area contributed by atoms with Crippen molar-refractivity contribution in [3.8, 4) is 0 Å². The predicted molar refractivity (Wildman–Crippen MR) is 105 cm³/mol. The highest BCUT2D eigenvalue weighted by atomic mass is 32.1. The molecule has 0 saturated heterocycles. The van der Waals surface area contributed by atoms with Crippen molar-refractivity contribution in [1.29, 1.82) is 0 Å². The molecule has 3 aromatic carbocycles. The van der Waals surface area contributed by atoms with Crippen LogP contribution in [0.3, 0.4) is 0 Å². The molecule has 3 aromatic rings. The zero-order valence-electron chi connectivity index (χ0n) is 12.8. The van der Waals surface area contributed by atoms with E-state index in [0.717, 1.165) is 32.3 Å². The van der Waals surface area contributed by atoms with E-state index >= 15 is 0 Å². The number of aliphatic imine (C=N–C) groups is 2. The van der Waals surface area contributed by atoms with Gasteiger partial charge in [-0.1, -0.05) is 60.7 Å². The zero-order chi connectivity index (χ0) is 16.8. The summed E-state index contributed by atoms with van der Waals surface area (Å²) in [6.45, 7) is 0. The van der Waals surface area contributed by atoms with Gasteiger partial charge >= 0.3 is 0 Å². The molecule has 0 aliphatic rings. The molecule has 24 heavy (non-hydrogen) atoms. The molecule has 0 atom stereocenters. The zero-order valence-corrected chi connectivity index (χ0v) is 14.4. The third-order valence-corrected chi connectivity index (χ3v) is 4.06. The van der Waals surface area contributed by atoms with Gasteiger partial charge in [0.2, 0.25) is 0 Å². The van der Waals surface area contributed by atoms with Gasteiger partial charge in [-0.05, 0) is 23.3 Å². The van der Waals surface area contributed by atoms with E-state index in [2.05, 4.69) is 9.98 Å². The van der Waals surface area contributed by atoms with Crippen LogP contribution in [0.5, 0.6) is 0 Å². The topological polar surface area (TPSA) is 24.7 Å². The van der Waals surface area contributed by atoms with Gasteiger partial charge in [0.1, 0.15) is 0 Å². The van der Waals surface area contributed by atoms with Crippen LogP contribution in [0.25, 0.3) is 0 Å². The third kappa shape index (κ3) is 4.25. The maximum atomic E-state index is 5.24. The lowest BCUT2D eigenvalue weighted by Crippen LogP contribution is -1.85. The van der Waals surface area contributed by atoms with Gasteiger partial charge in [0.05, 0.1) is 0 Å². The Kier molecular flexibility index (Phi) is 5.31. The van der Waals surface area contributed by atoms with Gasteiger partial charge in [-0.25, -0.2) is 0 Å². The molecule has 0 fully saturated rings. The van der Waals surface area contributed by atoms with Crippen LogP contribution in [0.4, 0.5) is 11.4 Å². The Balaban J connectivity index is 1.72. The summed E-state index contributed by atoms with van der Waals surface area (Å²) in [6.07, 6.45) is 3.62. The van der Waals surface area contributed by atoms with E-state index in [1.807, 2.05) is 85.2 Å². The second kappa shape index (κ2) is 7.81. The minimum absolute atomic E-state index is 0.750. The number of hydrogen-bond acceptors (Lipinski definition) is 4. The highest BCUT2D eigenvalue weighted by Crippen LogP contribution is 2.18. The van der Waals surface area contributed by atoms with Crippen LogP contribution >= 0.6 is 0 Å². The minimum Gasteiger partial charge on any atom is -0.778 e. The molecule has 0 heterocycles. The normalized spacial score (nSPS) is 11.3. The van der Waals surface area contributed by atoms with E-state index in [1.165, 1.54) is 0 Å². The number of para-hydroxylation sites is 2.